The standard InChI is InChI=1S/C29H32ClN5O3S/c1-4-14-39(36,37)23-10-8-22(9-11-23)32-29-24-12-7-21(28-25(30)6-5-13-31-28)15-26(24)33-27(34-29)18-35-16-19(2)38-20(3)17-35/h5-13,15,19-20H,4,14,16-18H2,1-3H3,(H,32,33,34). The number of sulfone groups is 1. The molecule has 0 radical (unpaired) electrons. The summed E-state index contributed by atoms with van der Waals surface area (Å²) in [5, 5.41) is 4.80. The van der Waals surface area contributed by atoms with E-state index in [2.05, 4.69) is 29.0 Å². The van der Waals surface area contributed by atoms with E-state index in [1.807, 2.05) is 31.2 Å². The third-order valence-corrected chi connectivity index (χ3v) is 8.83. The van der Waals surface area contributed by atoms with E-state index in [1.165, 1.54) is 0 Å². The van der Waals surface area contributed by atoms with Gasteiger partial charge in [-0.1, -0.05) is 24.6 Å². The van der Waals surface area contributed by atoms with Gasteiger partial charge in [0.05, 0.1) is 45.6 Å². The zero-order valence-electron chi connectivity index (χ0n) is 22.3. The highest BCUT2D eigenvalue weighted by Gasteiger charge is 2.23. The second-order valence-corrected chi connectivity index (χ2v) is 12.5. The molecular weight excluding hydrogens is 534 g/mol. The second-order valence-electron chi connectivity index (χ2n) is 9.97. The molecule has 5 rings (SSSR count). The lowest BCUT2D eigenvalue weighted by molar-refractivity contribution is -0.0710. The molecule has 1 N–H and O–H groups in total. The summed E-state index contributed by atoms with van der Waals surface area (Å²) in [5.74, 6) is 1.45. The average molecular weight is 566 g/mol. The Kier molecular flexibility index (Phi) is 8.13. The first-order chi connectivity index (χ1) is 18.7. The maximum Gasteiger partial charge on any atom is 0.178 e. The summed E-state index contributed by atoms with van der Waals surface area (Å²) in [6.45, 7) is 8.17. The number of hydrogen-bond donors (Lipinski definition) is 1. The summed E-state index contributed by atoms with van der Waals surface area (Å²) < 4.78 is 30.8. The maximum absolute atomic E-state index is 12.5. The zero-order valence-corrected chi connectivity index (χ0v) is 23.8. The molecular formula is C29H32ClN5O3S. The lowest BCUT2D eigenvalue weighted by Gasteiger charge is -2.34. The number of morpholine rings is 1. The van der Waals surface area contributed by atoms with Crippen LogP contribution in [0.3, 0.4) is 0 Å². The van der Waals surface area contributed by atoms with Crippen LogP contribution in [0.15, 0.2) is 65.7 Å². The van der Waals surface area contributed by atoms with E-state index in [0.29, 0.717) is 40.2 Å². The van der Waals surface area contributed by atoms with Crippen molar-refractivity contribution in [1.29, 1.82) is 0 Å². The molecule has 0 aliphatic carbocycles. The number of anilines is 2. The largest absolute Gasteiger partial charge is 0.373 e. The highest BCUT2D eigenvalue weighted by atomic mass is 35.5. The van der Waals surface area contributed by atoms with E-state index in [-0.39, 0.29) is 18.0 Å². The predicted molar refractivity (Wildman–Crippen MR) is 155 cm³/mol. The third kappa shape index (κ3) is 6.38. The summed E-state index contributed by atoms with van der Waals surface area (Å²) >= 11 is 6.43. The number of halogens is 1. The molecule has 2 aromatic carbocycles. The van der Waals surface area contributed by atoms with Crippen LogP contribution >= 0.6 is 11.6 Å². The van der Waals surface area contributed by atoms with Crippen molar-refractivity contribution in [2.75, 3.05) is 24.2 Å². The lowest BCUT2D eigenvalue weighted by atomic mass is 10.1. The van der Waals surface area contributed by atoms with Gasteiger partial charge >= 0.3 is 0 Å². The summed E-state index contributed by atoms with van der Waals surface area (Å²) in [5.41, 5.74) is 3.05. The van der Waals surface area contributed by atoms with Crippen LogP contribution in [0.4, 0.5) is 11.5 Å². The number of aromatic nitrogens is 3. The van der Waals surface area contributed by atoms with Crippen molar-refractivity contribution in [2.45, 2.75) is 50.8 Å². The number of hydrogen-bond acceptors (Lipinski definition) is 8. The molecule has 2 unspecified atom stereocenters. The molecule has 2 atom stereocenters. The van der Waals surface area contributed by atoms with Gasteiger partial charge in [-0.3, -0.25) is 9.88 Å². The maximum atomic E-state index is 12.5. The molecule has 0 saturated carbocycles. The molecule has 0 spiro atoms. The Bertz CT molecular complexity index is 1570. The molecule has 1 aliphatic rings. The average Bonchev–Trinajstić information content (AvgIpc) is 2.88. The smallest absolute Gasteiger partial charge is 0.178 e. The van der Waals surface area contributed by atoms with Crippen LogP contribution in [0.1, 0.15) is 33.0 Å². The van der Waals surface area contributed by atoms with Crippen LogP contribution in [-0.2, 0) is 21.1 Å². The fourth-order valence-corrected chi connectivity index (χ4v) is 6.53. The minimum Gasteiger partial charge on any atom is -0.373 e. The Morgan fingerprint density at radius 2 is 1.79 bits per heavy atom. The minimum atomic E-state index is -3.29. The number of fused-ring (bicyclic) bond motifs is 1. The van der Waals surface area contributed by atoms with E-state index in [4.69, 9.17) is 26.3 Å². The molecule has 39 heavy (non-hydrogen) atoms. The van der Waals surface area contributed by atoms with E-state index in [9.17, 15) is 8.42 Å². The number of rotatable bonds is 8. The molecule has 1 saturated heterocycles. The fourth-order valence-electron chi connectivity index (χ4n) is 4.97. The summed E-state index contributed by atoms with van der Waals surface area (Å²) in [7, 11) is -3.29. The number of ether oxygens (including phenoxy) is 1. The molecule has 8 nitrogen and oxygen atoms in total. The number of nitrogens with one attached hydrogen (secondary N) is 1. The normalized spacial score (nSPS) is 18.4. The summed E-state index contributed by atoms with van der Waals surface area (Å²) in [6.07, 6.45) is 2.55. The van der Waals surface area contributed by atoms with Crippen LogP contribution < -0.4 is 5.32 Å². The van der Waals surface area contributed by atoms with Gasteiger partial charge in [-0.2, -0.15) is 0 Å². The molecule has 0 bridgehead atoms. The van der Waals surface area contributed by atoms with Gasteiger partial charge in [0.15, 0.2) is 9.84 Å². The van der Waals surface area contributed by atoms with Crippen LogP contribution in [0.5, 0.6) is 0 Å². The van der Waals surface area contributed by atoms with E-state index in [0.717, 1.165) is 35.2 Å². The Morgan fingerprint density at radius 1 is 1.05 bits per heavy atom. The zero-order chi connectivity index (χ0) is 27.6. The Hall–Kier alpha value is -3.11. The van der Waals surface area contributed by atoms with Gasteiger partial charge in [-0.05, 0) is 68.8 Å². The number of nitrogens with zero attached hydrogens (tertiary/aromatic N) is 4. The SMILES string of the molecule is CCCS(=O)(=O)c1ccc(Nc2nc(CN3CC(C)OC(C)C3)nc3cc(-c4ncccc4Cl)ccc23)cc1. The van der Waals surface area contributed by atoms with Crippen molar-refractivity contribution >= 4 is 43.8 Å². The molecule has 204 valence electrons. The van der Waals surface area contributed by atoms with Crippen molar-refractivity contribution in [3.05, 3.63) is 71.6 Å². The first-order valence-corrected chi connectivity index (χ1v) is 15.1. The van der Waals surface area contributed by atoms with Gasteiger partial charge in [-0.25, -0.2) is 18.4 Å². The highest BCUT2D eigenvalue weighted by molar-refractivity contribution is 7.91. The topological polar surface area (TPSA) is 97.3 Å². The van der Waals surface area contributed by atoms with Crippen LogP contribution in [0, 0.1) is 0 Å². The predicted octanol–water partition coefficient (Wildman–Crippen LogP) is 5.88. The molecule has 1 fully saturated rings. The monoisotopic (exact) mass is 565 g/mol. The quantitative estimate of drug-likeness (QED) is 0.283. The molecule has 3 heterocycles. The van der Waals surface area contributed by atoms with Crippen molar-refractivity contribution in [3.8, 4) is 11.3 Å². The first kappa shape index (κ1) is 27.5. The van der Waals surface area contributed by atoms with Gasteiger partial charge < -0.3 is 10.1 Å². The van der Waals surface area contributed by atoms with E-state index < -0.39 is 9.84 Å². The van der Waals surface area contributed by atoms with Crippen LogP contribution in [0.25, 0.3) is 22.2 Å². The molecule has 10 heteroatoms. The Morgan fingerprint density at radius 3 is 2.49 bits per heavy atom. The fraction of sp³-hybridized carbons (Fsp3) is 0.345. The summed E-state index contributed by atoms with van der Waals surface area (Å²) in [6, 6.07) is 16.3. The van der Waals surface area contributed by atoms with Crippen LogP contribution in [-0.4, -0.2) is 59.3 Å². The van der Waals surface area contributed by atoms with Gasteiger partial charge in [0, 0.05) is 35.9 Å². The van der Waals surface area contributed by atoms with E-state index in [1.54, 1.807) is 36.5 Å². The number of pyridine rings is 1. The molecule has 0 amide bonds. The van der Waals surface area contributed by atoms with Crippen molar-refractivity contribution < 1.29 is 13.2 Å². The highest BCUT2D eigenvalue weighted by Crippen LogP contribution is 2.31. The first-order valence-electron chi connectivity index (χ1n) is 13.1. The number of benzene rings is 2. The molecule has 1 aliphatic heterocycles. The minimum absolute atomic E-state index is 0.126. The van der Waals surface area contributed by atoms with Crippen molar-refractivity contribution in [2.24, 2.45) is 0 Å². The Labute approximate surface area is 234 Å². The second kappa shape index (κ2) is 11.6. The van der Waals surface area contributed by atoms with Crippen molar-refractivity contribution in [1.82, 2.24) is 19.9 Å². The van der Waals surface area contributed by atoms with Gasteiger partial charge in [0.2, 0.25) is 0 Å². The van der Waals surface area contributed by atoms with Gasteiger partial charge in [-0.15, -0.1) is 0 Å². The van der Waals surface area contributed by atoms with Gasteiger partial charge in [0.25, 0.3) is 0 Å². The van der Waals surface area contributed by atoms with Gasteiger partial charge in [0.1, 0.15) is 11.6 Å². The lowest BCUT2D eigenvalue weighted by Crippen LogP contribution is -2.45. The summed E-state index contributed by atoms with van der Waals surface area (Å²) in [4.78, 5) is 16.9. The van der Waals surface area contributed by atoms with E-state index >= 15 is 0 Å². The third-order valence-electron chi connectivity index (χ3n) is 6.58. The Balaban J connectivity index is 1.52. The van der Waals surface area contributed by atoms with Crippen molar-refractivity contribution in [3.63, 3.8) is 0 Å². The molecule has 4 aromatic rings. The van der Waals surface area contributed by atoms with Crippen LogP contribution in [0.2, 0.25) is 5.02 Å². The molecule has 2 aromatic heterocycles.